The lowest BCUT2D eigenvalue weighted by Crippen LogP contribution is -2.45. The van der Waals surface area contributed by atoms with Crippen LogP contribution >= 0.6 is 0 Å². The minimum atomic E-state index is -0.660. The van der Waals surface area contributed by atoms with Crippen molar-refractivity contribution in [3.8, 4) is 0 Å². The number of carbonyl (C=O) groups excluding carboxylic acids is 2. The lowest BCUT2D eigenvalue weighted by molar-refractivity contribution is -0.143. The van der Waals surface area contributed by atoms with Gasteiger partial charge >= 0.3 is 5.97 Å². The van der Waals surface area contributed by atoms with Crippen molar-refractivity contribution in [3.63, 3.8) is 0 Å². The van der Waals surface area contributed by atoms with Crippen LogP contribution in [0.25, 0.3) is 0 Å². The van der Waals surface area contributed by atoms with Crippen molar-refractivity contribution in [1.82, 2.24) is 5.32 Å². The van der Waals surface area contributed by atoms with Gasteiger partial charge in [-0.2, -0.15) is 0 Å². The highest BCUT2D eigenvalue weighted by Crippen LogP contribution is 2.19. The summed E-state index contributed by atoms with van der Waals surface area (Å²) in [5.41, 5.74) is 0. The smallest absolute Gasteiger partial charge is 0.305 e. The zero-order chi connectivity index (χ0) is 52.2. The Morgan fingerprint density at radius 2 is 0.569 bits per heavy atom. The molecule has 0 radical (unpaired) electrons. The Kier molecular flexibility index (Phi) is 61.4. The second-order valence-corrected chi connectivity index (χ2v) is 23.2. The van der Waals surface area contributed by atoms with E-state index in [2.05, 4.69) is 19.2 Å². The highest BCUT2D eigenvalue weighted by atomic mass is 16.5. The molecule has 0 fully saturated rings. The van der Waals surface area contributed by atoms with E-state index in [4.69, 9.17) is 4.74 Å². The van der Waals surface area contributed by atoms with Gasteiger partial charge in [-0.25, -0.2) is 0 Å². The van der Waals surface area contributed by atoms with Crippen LogP contribution in [0.3, 0.4) is 0 Å². The molecule has 2 atom stereocenters. The summed E-state index contributed by atoms with van der Waals surface area (Å²) in [6.45, 7) is 4.99. The van der Waals surface area contributed by atoms with E-state index < -0.39 is 12.1 Å². The van der Waals surface area contributed by atoms with Crippen LogP contribution in [-0.4, -0.2) is 47.4 Å². The van der Waals surface area contributed by atoms with Gasteiger partial charge in [0.25, 0.3) is 0 Å². The van der Waals surface area contributed by atoms with E-state index in [9.17, 15) is 19.8 Å². The van der Waals surface area contributed by atoms with Gasteiger partial charge in [-0.3, -0.25) is 9.59 Å². The molecule has 0 aromatic carbocycles. The molecule has 3 N–H and O–H groups in total. The van der Waals surface area contributed by atoms with Gasteiger partial charge in [0.15, 0.2) is 0 Å². The number of ether oxygens (including phenoxy) is 1. The van der Waals surface area contributed by atoms with Crippen LogP contribution in [0.5, 0.6) is 0 Å². The number of aliphatic hydroxyl groups excluding tert-OH is 2. The number of nitrogens with one attached hydrogen (secondary N) is 1. The molecule has 2 unspecified atom stereocenters. The van der Waals surface area contributed by atoms with Gasteiger partial charge in [0, 0.05) is 12.8 Å². The molecular formula is C66H131NO5. The van der Waals surface area contributed by atoms with Gasteiger partial charge < -0.3 is 20.3 Å². The predicted molar refractivity (Wildman–Crippen MR) is 315 cm³/mol. The Hall–Kier alpha value is -1.14. The van der Waals surface area contributed by atoms with E-state index in [-0.39, 0.29) is 18.5 Å². The van der Waals surface area contributed by atoms with Crippen molar-refractivity contribution in [2.24, 2.45) is 0 Å². The van der Waals surface area contributed by atoms with Crippen molar-refractivity contribution < 1.29 is 24.5 Å². The van der Waals surface area contributed by atoms with E-state index in [1.165, 1.54) is 315 Å². The monoisotopic (exact) mass is 1020 g/mol. The maximum Gasteiger partial charge on any atom is 0.305 e. The summed E-state index contributed by atoms with van der Waals surface area (Å²) in [5.74, 6) is -0.00764. The number of esters is 1. The molecule has 0 bridgehead atoms. The third-order valence-electron chi connectivity index (χ3n) is 15.9. The van der Waals surface area contributed by atoms with Gasteiger partial charge in [0.05, 0.1) is 25.4 Å². The first-order valence-corrected chi connectivity index (χ1v) is 33.3. The molecule has 6 nitrogen and oxygen atoms in total. The van der Waals surface area contributed by atoms with Gasteiger partial charge in [0.2, 0.25) is 5.91 Å². The van der Waals surface area contributed by atoms with E-state index in [1.54, 1.807) is 0 Å². The van der Waals surface area contributed by atoms with Gasteiger partial charge in [-0.15, -0.1) is 0 Å². The molecule has 0 aromatic heterocycles. The van der Waals surface area contributed by atoms with Gasteiger partial charge in [0.1, 0.15) is 0 Å². The summed E-state index contributed by atoms with van der Waals surface area (Å²) in [6, 6.07) is -0.537. The maximum atomic E-state index is 12.5. The first-order valence-electron chi connectivity index (χ1n) is 33.3. The minimum absolute atomic E-state index is 0.0226. The normalized spacial score (nSPS) is 12.4. The summed E-state index contributed by atoms with van der Waals surface area (Å²) < 4.78 is 5.50. The molecule has 72 heavy (non-hydrogen) atoms. The van der Waals surface area contributed by atoms with Crippen molar-refractivity contribution in [1.29, 1.82) is 0 Å². The molecule has 6 heteroatoms. The minimum Gasteiger partial charge on any atom is -0.466 e. The lowest BCUT2D eigenvalue weighted by atomic mass is 10.0. The molecule has 0 saturated carbocycles. The molecule has 1 amide bonds. The molecule has 0 rings (SSSR count). The fourth-order valence-corrected chi connectivity index (χ4v) is 10.8. The molecular weight excluding hydrogens is 887 g/mol. The first kappa shape index (κ1) is 70.9. The van der Waals surface area contributed by atoms with E-state index >= 15 is 0 Å². The third-order valence-corrected chi connectivity index (χ3v) is 15.9. The second kappa shape index (κ2) is 62.4. The Morgan fingerprint density at radius 1 is 0.333 bits per heavy atom. The van der Waals surface area contributed by atoms with Crippen LogP contribution in [0, 0.1) is 0 Å². The number of carbonyl (C=O) groups is 2. The molecule has 0 aromatic rings. The highest BCUT2D eigenvalue weighted by Gasteiger charge is 2.20. The van der Waals surface area contributed by atoms with Gasteiger partial charge in [-0.1, -0.05) is 348 Å². The van der Waals surface area contributed by atoms with Crippen LogP contribution in [0.1, 0.15) is 386 Å². The molecule has 0 aliphatic carbocycles. The van der Waals surface area contributed by atoms with Crippen LogP contribution < -0.4 is 5.32 Å². The standard InChI is InChI=1S/C66H131NO5/c1-3-5-7-9-11-13-15-17-18-33-36-40-44-48-52-56-60-66(71)72-61-57-53-49-45-41-37-34-31-29-27-25-23-21-19-20-22-24-26-28-30-32-35-39-43-47-51-55-59-65(70)67-63(62-68)64(69)58-54-50-46-42-38-16-14-12-10-8-6-4-2/h63-64,68-69H,3-62H2,1-2H3,(H,67,70). The zero-order valence-corrected chi connectivity index (χ0v) is 49.2. The van der Waals surface area contributed by atoms with Crippen LogP contribution in [0.2, 0.25) is 0 Å². The summed E-state index contributed by atoms with van der Waals surface area (Å²) in [7, 11) is 0. The van der Waals surface area contributed by atoms with Crippen molar-refractivity contribution in [2.45, 2.75) is 398 Å². The number of aliphatic hydroxyl groups is 2. The molecule has 0 heterocycles. The van der Waals surface area contributed by atoms with E-state index in [1.807, 2.05) is 0 Å². The number of hydrogen-bond donors (Lipinski definition) is 3. The Labute approximate surface area is 451 Å². The maximum absolute atomic E-state index is 12.5. The van der Waals surface area contributed by atoms with Crippen LogP contribution in [-0.2, 0) is 14.3 Å². The van der Waals surface area contributed by atoms with Crippen molar-refractivity contribution >= 4 is 11.9 Å². The quantitative estimate of drug-likeness (QED) is 0.0417. The first-order chi connectivity index (χ1) is 35.5. The number of amides is 1. The highest BCUT2D eigenvalue weighted by molar-refractivity contribution is 5.76. The molecule has 430 valence electrons. The van der Waals surface area contributed by atoms with Crippen molar-refractivity contribution in [2.75, 3.05) is 13.2 Å². The Balaban J connectivity index is 3.30. The third kappa shape index (κ3) is 58.1. The predicted octanol–water partition coefficient (Wildman–Crippen LogP) is 21.0. The molecule has 0 aliphatic rings. The topological polar surface area (TPSA) is 95.9 Å². The average molecular weight is 1020 g/mol. The van der Waals surface area contributed by atoms with E-state index in [0.29, 0.717) is 25.9 Å². The fourth-order valence-electron chi connectivity index (χ4n) is 10.8. The summed E-state index contributed by atoms with van der Waals surface area (Å²) in [5, 5.41) is 23.2. The van der Waals surface area contributed by atoms with Gasteiger partial charge in [-0.05, 0) is 25.7 Å². The molecule has 0 aliphatic heterocycles. The average Bonchev–Trinajstić information content (AvgIpc) is 3.38. The van der Waals surface area contributed by atoms with Crippen LogP contribution in [0.15, 0.2) is 0 Å². The summed E-state index contributed by atoms with van der Waals surface area (Å²) in [6.07, 6.45) is 74.3. The Morgan fingerprint density at radius 3 is 0.847 bits per heavy atom. The molecule has 0 spiro atoms. The fraction of sp³-hybridized carbons (Fsp3) is 0.970. The largest absolute Gasteiger partial charge is 0.466 e. The Bertz CT molecular complexity index is 1040. The zero-order valence-electron chi connectivity index (χ0n) is 49.2. The molecule has 0 saturated heterocycles. The number of unbranched alkanes of at least 4 members (excludes halogenated alkanes) is 52. The SMILES string of the molecule is CCCCCCCCCCCCCCCCCCC(=O)OCCCCCCCCCCCCCCCCCCCCCCCCCCCCCC(=O)NC(CO)C(O)CCCCCCCCCCCCCC. The summed E-state index contributed by atoms with van der Waals surface area (Å²) >= 11 is 0. The van der Waals surface area contributed by atoms with E-state index in [0.717, 1.165) is 38.5 Å². The van der Waals surface area contributed by atoms with Crippen LogP contribution in [0.4, 0.5) is 0 Å². The lowest BCUT2D eigenvalue weighted by Gasteiger charge is -2.22. The summed E-state index contributed by atoms with van der Waals surface area (Å²) in [4.78, 5) is 24.5. The van der Waals surface area contributed by atoms with Crippen molar-refractivity contribution in [3.05, 3.63) is 0 Å². The number of hydrogen-bond acceptors (Lipinski definition) is 5. The second-order valence-electron chi connectivity index (χ2n) is 23.2. The number of rotatable bonds is 63.